The zero-order valence-electron chi connectivity index (χ0n) is 19.4. The van der Waals surface area contributed by atoms with Crippen LogP contribution in [0.4, 0.5) is 4.79 Å². The van der Waals surface area contributed by atoms with Gasteiger partial charge in [-0.2, -0.15) is 0 Å². The van der Waals surface area contributed by atoms with Gasteiger partial charge in [-0.25, -0.2) is 9.78 Å². The number of aromatic nitrogens is 2. The van der Waals surface area contributed by atoms with Crippen molar-refractivity contribution in [2.75, 3.05) is 34.4 Å². The number of carbonyl (C=O) groups excluding carboxylic acids is 1. The van der Waals surface area contributed by atoms with E-state index < -0.39 is 11.8 Å². The molecule has 1 amide bonds. The fourth-order valence-electron chi connectivity index (χ4n) is 4.24. The number of amidine groups is 1. The minimum Gasteiger partial charge on any atom is -0.495 e. The van der Waals surface area contributed by atoms with E-state index in [-0.39, 0.29) is 6.54 Å². The molecule has 0 aliphatic carbocycles. The third kappa shape index (κ3) is 4.18. The number of piperidine rings is 1. The number of imidazole rings is 1. The summed E-state index contributed by atoms with van der Waals surface area (Å²) >= 11 is 0. The summed E-state index contributed by atoms with van der Waals surface area (Å²) in [7, 11) is 4.67. The largest absolute Gasteiger partial charge is 0.495 e. The Labute approximate surface area is 193 Å². The molecular weight excluding hydrogens is 422 g/mol. The lowest BCUT2D eigenvalue weighted by atomic mass is 9.97. The van der Waals surface area contributed by atoms with E-state index in [0.717, 1.165) is 53.5 Å². The van der Waals surface area contributed by atoms with Gasteiger partial charge >= 0.3 is 6.09 Å². The van der Waals surface area contributed by atoms with Crippen LogP contribution in [0.25, 0.3) is 11.8 Å². The van der Waals surface area contributed by atoms with Gasteiger partial charge in [0.1, 0.15) is 5.75 Å². The summed E-state index contributed by atoms with van der Waals surface area (Å²) in [6, 6.07) is 6.05. The lowest BCUT2D eigenvalue weighted by molar-refractivity contribution is -0.0735. The van der Waals surface area contributed by atoms with E-state index in [1.807, 2.05) is 35.9 Å². The molecule has 0 saturated carbocycles. The van der Waals surface area contributed by atoms with Gasteiger partial charge in [-0.1, -0.05) is 17.8 Å². The van der Waals surface area contributed by atoms with Crippen LogP contribution in [0.1, 0.15) is 24.1 Å². The average Bonchev–Trinajstić information content (AvgIpc) is 3.43. The van der Waals surface area contributed by atoms with Gasteiger partial charge in [-0.15, -0.1) is 0 Å². The normalized spacial score (nSPS) is 20.7. The SMILES string of the molecule is C=CC1(CN(C)C(=O)OC)ON=C2C(=Cc3ccc(-n4cnc(C)c4)c(OC)c3)CCCN21. The van der Waals surface area contributed by atoms with Crippen molar-refractivity contribution in [1.29, 1.82) is 0 Å². The van der Waals surface area contributed by atoms with Gasteiger partial charge in [0, 0.05) is 19.8 Å². The highest BCUT2D eigenvalue weighted by Crippen LogP contribution is 2.35. The van der Waals surface area contributed by atoms with Crippen molar-refractivity contribution in [3.05, 3.63) is 60.2 Å². The molecule has 2 aromatic rings. The van der Waals surface area contributed by atoms with E-state index in [2.05, 4.69) is 27.7 Å². The Balaban J connectivity index is 1.61. The summed E-state index contributed by atoms with van der Waals surface area (Å²) in [5, 5.41) is 4.39. The second kappa shape index (κ2) is 9.01. The van der Waals surface area contributed by atoms with E-state index in [1.165, 1.54) is 12.0 Å². The first-order chi connectivity index (χ1) is 15.9. The van der Waals surface area contributed by atoms with Crippen molar-refractivity contribution in [3.63, 3.8) is 0 Å². The maximum atomic E-state index is 11.9. The highest BCUT2D eigenvalue weighted by atomic mass is 16.7. The fraction of sp³-hybridized carbons (Fsp3) is 0.375. The Hall–Kier alpha value is -3.75. The zero-order valence-corrected chi connectivity index (χ0v) is 19.4. The molecule has 1 atom stereocenters. The van der Waals surface area contributed by atoms with E-state index in [1.54, 1.807) is 26.6 Å². The predicted molar refractivity (Wildman–Crippen MR) is 125 cm³/mol. The number of fused-ring (bicyclic) bond motifs is 1. The van der Waals surface area contributed by atoms with Crippen molar-refractivity contribution >= 4 is 18.0 Å². The van der Waals surface area contributed by atoms with Crippen LogP contribution in [0.2, 0.25) is 0 Å². The zero-order chi connectivity index (χ0) is 23.6. The Kier molecular flexibility index (Phi) is 6.13. The van der Waals surface area contributed by atoms with Gasteiger partial charge in [-0.3, -0.25) is 0 Å². The van der Waals surface area contributed by atoms with Crippen LogP contribution in [-0.4, -0.2) is 71.4 Å². The summed E-state index contributed by atoms with van der Waals surface area (Å²) < 4.78 is 12.4. The molecule has 2 aliphatic rings. The fourth-order valence-corrected chi connectivity index (χ4v) is 4.24. The van der Waals surface area contributed by atoms with Crippen molar-refractivity contribution in [3.8, 4) is 11.4 Å². The van der Waals surface area contributed by atoms with Gasteiger partial charge in [-0.05, 0) is 55.2 Å². The number of hydrogen-bond acceptors (Lipinski definition) is 7. The lowest BCUT2D eigenvalue weighted by Gasteiger charge is -2.39. The van der Waals surface area contributed by atoms with E-state index in [0.29, 0.717) is 0 Å². The number of nitrogens with zero attached hydrogens (tertiary/aromatic N) is 5. The molecule has 0 spiro atoms. The van der Waals surface area contributed by atoms with Gasteiger partial charge in [0.2, 0.25) is 5.72 Å². The van der Waals surface area contributed by atoms with Gasteiger partial charge in [0.05, 0.1) is 38.5 Å². The summed E-state index contributed by atoms with van der Waals surface area (Å²) in [6.45, 7) is 6.90. The van der Waals surface area contributed by atoms with Crippen LogP contribution >= 0.6 is 0 Å². The number of likely N-dealkylation sites (N-methyl/N-ethyl adjacent to an activating group) is 1. The maximum Gasteiger partial charge on any atom is 0.409 e. The molecule has 33 heavy (non-hydrogen) atoms. The third-order valence-corrected chi connectivity index (χ3v) is 5.92. The molecule has 0 N–H and O–H groups in total. The third-order valence-electron chi connectivity index (χ3n) is 5.92. The topological polar surface area (TPSA) is 81.4 Å². The molecule has 1 aromatic heterocycles. The number of aryl methyl sites for hydroxylation is 1. The number of methoxy groups -OCH3 is 2. The van der Waals surface area contributed by atoms with Gasteiger partial charge < -0.3 is 28.7 Å². The molecule has 1 fully saturated rings. The van der Waals surface area contributed by atoms with Crippen LogP contribution < -0.4 is 4.74 Å². The summed E-state index contributed by atoms with van der Waals surface area (Å²) in [5.74, 6) is 1.51. The smallest absolute Gasteiger partial charge is 0.409 e. The first-order valence-electron chi connectivity index (χ1n) is 10.8. The van der Waals surface area contributed by atoms with Gasteiger partial charge in [0.25, 0.3) is 0 Å². The van der Waals surface area contributed by atoms with Crippen molar-refractivity contribution in [1.82, 2.24) is 19.4 Å². The molecule has 9 nitrogen and oxygen atoms in total. The summed E-state index contributed by atoms with van der Waals surface area (Å²) in [5.41, 5.74) is 2.98. The Morgan fingerprint density at radius 2 is 2.21 bits per heavy atom. The number of ether oxygens (including phenoxy) is 2. The molecule has 174 valence electrons. The molecule has 0 radical (unpaired) electrons. The molecule has 4 rings (SSSR count). The number of amides is 1. The first-order valence-corrected chi connectivity index (χ1v) is 10.8. The van der Waals surface area contributed by atoms with Crippen molar-refractivity contribution in [2.24, 2.45) is 5.16 Å². The van der Waals surface area contributed by atoms with Crippen LogP contribution in [-0.2, 0) is 9.57 Å². The number of oxime groups is 1. The molecule has 3 heterocycles. The molecular formula is C24H29N5O4. The van der Waals surface area contributed by atoms with Crippen LogP contribution in [0, 0.1) is 6.92 Å². The molecule has 1 unspecified atom stereocenters. The summed E-state index contributed by atoms with van der Waals surface area (Å²) in [6.07, 6.45) is 8.87. The Morgan fingerprint density at radius 3 is 2.88 bits per heavy atom. The first kappa shape index (κ1) is 22.4. The second-order valence-electron chi connectivity index (χ2n) is 8.16. The minimum atomic E-state index is -0.932. The quantitative estimate of drug-likeness (QED) is 0.625. The van der Waals surface area contributed by atoms with Crippen molar-refractivity contribution in [2.45, 2.75) is 25.5 Å². The summed E-state index contributed by atoms with van der Waals surface area (Å²) in [4.78, 5) is 25.6. The Morgan fingerprint density at radius 1 is 1.39 bits per heavy atom. The van der Waals surface area contributed by atoms with Crippen molar-refractivity contribution < 1.29 is 19.1 Å². The second-order valence-corrected chi connectivity index (χ2v) is 8.16. The van der Waals surface area contributed by atoms with E-state index in [4.69, 9.17) is 14.3 Å². The van der Waals surface area contributed by atoms with Crippen LogP contribution in [0.15, 0.2) is 54.1 Å². The number of carbonyl (C=O) groups is 1. The van der Waals surface area contributed by atoms with E-state index in [9.17, 15) is 4.79 Å². The van der Waals surface area contributed by atoms with Crippen LogP contribution in [0.3, 0.4) is 0 Å². The predicted octanol–water partition coefficient (Wildman–Crippen LogP) is 3.59. The van der Waals surface area contributed by atoms with Crippen LogP contribution in [0.5, 0.6) is 5.75 Å². The standard InChI is InChI=1S/C24H29N5O4/c1-6-24(15-27(3)23(30)32-5)29-11-7-8-19(22(29)26-33-24)12-18-9-10-20(21(13-18)31-4)28-14-17(2)25-16-28/h6,9-10,12-14,16H,1,7-8,11,15H2,2-5H3. The lowest BCUT2D eigenvalue weighted by Crippen LogP contribution is -2.56. The number of hydrogen-bond donors (Lipinski definition) is 0. The van der Waals surface area contributed by atoms with E-state index >= 15 is 0 Å². The monoisotopic (exact) mass is 451 g/mol. The average molecular weight is 452 g/mol. The highest BCUT2D eigenvalue weighted by molar-refractivity contribution is 6.03. The Bertz CT molecular complexity index is 1120. The maximum absolute atomic E-state index is 11.9. The molecule has 1 saturated heterocycles. The minimum absolute atomic E-state index is 0.246. The molecule has 1 aromatic carbocycles. The molecule has 2 aliphatic heterocycles. The highest BCUT2D eigenvalue weighted by Gasteiger charge is 2.47. The number of benzene rings is 1. The van der Waals surface area contributed by atoms with Gasteiger partial charge in [0.15, 0.2) is 5.84 Å². The molecule has 9 heteroatoms. The molecule has 0 bridgehead atoms. The number of rotatable bonds is 6.